The predicted molar refractivity (Wildman–Crippen MR) is 83.5 cm³/mol. The molecule has 0 fully saturated rings. The van der Waals surface area contributed by atoms with Crippen molar-refractivity contribution in [2.24, 2.45) is 5.73 Å². The molecule has 1 heterocycles. The zero-order valence-electron chi connectivity index (χ0n) is 12.9. The van der Waals surface area contributed by atoms with E-state index in [9.17, 15) is 26.0 Å². The van der Waals surface area contributed by atoms with Gasteiger partial charge in [-0.3, -0.25) is 4.31 Å². The average molecular weight is 374 g/mol. The zero-order valence-corrected chi connectivity index (χ0v) is 13.7. The molecule has 1 aliphatic rings. The Labute approximate surface area is 141 Å². The molecule has 0 radical (unpaired) electrons. The normalized spacial score (nSPS) is 14.5. The topological polar surface area (TPSA) is 63.4 Å². The van der Waals surface area contributed by atoms with Crippen molar-refractivity contribution >= 4 is 15.7 Å². The van der Waals surface area contributed by atoms with Crippen LogP contribution in [0.1, 0.15) is 17.5 Å². The van der Waals surface area contributed by atoms with Crippen LogP contribution in [0.15, 0.2) is 29.2 Å². The lowest BCUT2D eigenvalue weighted by Gasteiger charge is -2.31. The van der Waals surface area contributed by atoms with Crippen molar-refractivity contribution in [2.45, 2.75) is 24.3 Å². The van der Waals surface area contributed by atoms with Gasteiger partial charge in [0.15, 0.2) is 28.2 Å². The molecule has 0 amide bonds. The lowest BCUT2D eigenvalue weighted by Crippen LogP contribution is -2.37. The summed E-state index contributed by atoms with van der Waals surface area (Å²) in [5.74, 6) is -7.42. The van der Waals surface area contributed by atoms with E-state index in [-0.39, 0.29) is 24.8 Å². The van der Waals surface area contributed by atoms with E-state index in [0.29, 0.717) is 18.4 Å². The van der Waals surface area contributed by atoms with Gasteiger partial charge in [-0.15, -0.1) is 0 Å². The van der Waals surface area contributed by atoms with Crippen molar-refractivity contribution in [3.63, 3.8) is 0 Å². The Morgan fingerprint density at radius 1 is 1.04 bits per heavy atom. The molecule has 25 heavy (non-hydrogen) atoms. The first kappa shape index (κ1) is 17.7. The highest BCUT2D eigenvalue weighted by molar-refractivity contribution is 7.92. The average Bonchev–Trinajstić information content (AvgIpc) is 2.59. The molecule has 1 aliphatic heterocycles. The van der Waals surface area contributed by atoms with Crippen molar-refractivity contribution in [2.75, 3.05) is 10.8 Å². The van der Waals surface area contributed by atoms with E-state index < -0.39 is 38.2 Å². The fourth-order valence-electron chi connectivity index (χ4n) is 2.88. The quantitative estimate of drug-likeness (QED) is 0.664. The molecule has 4 nitrogen and oxygen atoms in total. The number of halogens is 4. The predicted octanol–water partition coefficient (Wildman–Crippen LogP) is 2.84. The third-order valence-corrected chi connectivity index (χ3v) is 5.91. The molecule has 134 valence electrons. The Kier molecular flexibility index (Phi) is 4.46. The van der Waals surface area contributed by atoms with Crippen LogP contribution in [0.2, 0.25) is 0 Å². The van der Waals surface area contributed by atoms with Crippen molar-refractivity contribution in [3.05, 3.63) is 58.7 Å². The summed E-state index contributed by atoms with van der Waals surface area (Å²) in [7, 11) is -4.83. The fraction of sp³-hybridized carbons (Fsp3) is 0.250. The molecular formula is C16H14F4N2O2S. The first-order valence-corrected chi connectivity index (χ1v) is 8.89. The summed E-state index contributed by atoms with van der Waals surface area (Å²) in [6.45, 7) is 0.187. The van der Waals surface area contributed by atoms with Gasteiger partial charge in [0, 0.05) is 19.2 Å². The van der Waals surface area contributed by atoms with Crippen LogP contribution in [0, 0.1) is 23.3 Å². The Bertz CT molecular complexity index is 921. The standard InChI is InChI=1S/C16H14F4N2O2S/c17-11-7-12(18)15(20)16(14(11)19)25(23,24)22-5-1-2-10-6-9(8-21)3-4-13(10)22/h3-4,6-7H,1-2,5,8,21H2. The second kappa shape index (κ2) is 6.30. The second-order valence-corrected chi connectivity index (χ2v) is 7.44. The molecule has 0 aliphatic carbocycles. The first-order chi connectivity index (χ1) is 11.8. The second-order valence-electron chi connectivity index (χ2n) is 5.65. The summed E-state index contributed by atoms with van der Waals surface area (Å²) >= 11 is 0. The number of nitrogens with two attached hydrogens (primary N) is 1. The van der Waals surface area contributed by atoms with Gasteiger partial charge in [0.25, 0.3) is 10.0 Å². The Morgan fingerprint density at radius 3 is 2.28 bits per heavy atom. The Morgan fingerprint density at radius 2 is 1.68 bits per heavy atom. The molecule has 3 rings (SSSR count). The van der Waals surface area contributed by atoms with Crippen molar-refractivity contribution in [3.8, 4) is 0 Å². The lowest BCUT2D eigenvalue weighted by molar-refractivity contribution is 0.418. The van der Waals surface area contributed by atoms with Gasteiger partial charge in [0.05, 0.1) is 5.69 Å². The number of benzene rings is 2. The third-order valence-electron chi connectivity index (χ3n) is 4.08. The molecule has 0 spiro atoms. The Balaban J connectivity index is 2.19. The van der Waals surface area contributed by atoms with Crippen LogP contribution in [0.3, 0.4) is 0 Å². The smallest absolute Gasteiger partial charge is 0.270 e. The monoisotopic (exact) mass is 374 g/mol. The third kappa shape index (κ3) is 2.87. The summed E-state index contributed by atoms with van der Waals surface area (Å²) in [5, 5.41) is 0. The molecule has 2 aromatic carbocycles. The first-order valence-electron chi connectivity index (χ1n) is 7.45. The molecule has 2 aromatic rings. The highest BCUT2D eigenvalue weighted by Gasteiger charge is 2.36. The van der Waals surface area contributed by atoms with E-state index in [1.807, 2.05) is 0 Å². The molecule has 0 aromatic heterocycles. The fourth-order valence-corrected chi connectivity index (χ4v) is 4.56. The molecular weight excluding hydrogens is 360 g/mol. The van der Waals surface area contributed by atoms with Gasteiger partial charge in [-0.1, -0.05) is 12.1 Å². The molecule has 9 heteroatoms. The zero-order chi connectivity index (χ0) is 18.4. The Hall–Kier alpha value is -2.13. The molecule has 0 unspecified atom stereocenters. The molecule has 0 saturated carbocycles. The van der Waals surface area contributed by atoms with Gasteiger partial charge >= 0.3 is 0 Å². The van der Waals surface area contributed by atoms with E-state index in [0.717, 1.165) is 9.87 Å². The van der Waals surface area contributed by atoms with Crippen LogP contribution in [0.5, 0.6) is 0 Å². The maximum absolute atomic E-state index is 14.0. The highest BCUT2D eigenvalue weighted by atomic mass is 32.2. The van der Waals surface area contributed by atoms with Crippen LogP contribution in [-0.4, -0.2) is 15.0 Å². The van der Waals surface area contributed by atoms with Crippen LogP contribution in [-0.2, 0) is 23.0 Å². The van der Waals surface area contributed by atoms with Crippen LogP contribution in [0.4, 0.5) is 23.2 Å². The summed E-state index contributed by atoms with van der Waals surface area (Å²) in [6.07, 6.45) is 0.943. The lowest BCUT2D eigenvalue weighted by atomic mass is 10.0. The minimum absolute atomic E-state index is 0.0264. The maximum atomic E-state index is 14.0. The van der Waals surface area contributed by atoms with Gasteiger partial charge < -0.3 is 5.73 Å². The minimum Gasteiger partial charge on any atom is -0.326 e. The number of hydrogen-bond acceptors (Lipinski definition) is 3. The van der Waals surface area contributed by atoms with Gasteiger partial charge in [0.2, 0.25) is 0 Å². The molecule has 2 N–H and O–H groups in total. The summed E-state index contributed by atoms with van der Waals surface area (Å²) in [4.78, 5) is -1.62. The van der Waals surface area contributed by atoms with Crippen LogP contribution < -0.4 is 10.0 Å². The van der Waals surface area contributed by atoms with E-state index in [2.05, 4.69) is 0 Å². The van der Waals surface area contributed by atoms with E-state index in [4.69, 9.17) is 5.73 Å². The molecule has 0 atom stereocenters. The van der Waals surface area contributed by atoms with Gasteiger partial charge in [-0.05, 0) is 30.0 Å². The number of rotatable bonds is 3. The van der Waals surface area contributed by atoms with E-state index in [1.165, 1.54) is 6.07 Å². The minimum atomic E-state index is -4.83. The summed E-state index contributed by atoms with van der Waals surface area (Å²) in [6, 6.07) is 4.74. The number of fused-ring (bicyclic) bond motifs is 1. The largest absolute Gasteiger partial charge is 0.326 e. The highest BCUT2D eigenvalue weighted by Crippen LogP contribution is 2.35. The van der Waals surface area contributed by atoms with Gasteiger partial charge in [-0.2, -0.15) is 0 Å². The summed E-state index contributed by atoms with van der Waals surface area (Å²) < 4.78 is 81.1. The van der Waals surface area contributed by atoms with Gasteiger partial charge in [-0.25, -0.2) is 26.0 Å². The van der Waals surface area contributed by atoms with Crippen molar-refractivity contribution in [1.82, 2.24) is 0 Å². The van der Waals surface area contributed by atoms with Crippen LogP contribution in [0.25, 0.3) is 0 Å². The van der Waals surface area contributed by atoms with Gasteiger partial charge in [0.1, 0.15) is 0 Å². The van der Waals surface area contributed by atoms with E-state index >= 15 is 0 Å². The number of aryl methyl sites for hydroxylation is 1. The number of hydrogen-bond donors (Lipinski definition) is 1. The SMILES string of the molecule is NCc1ccc2c(c1)CCCN2S(=O)(=O)c1c(F)c(F)cc(F)c1F. The van der Waals surface area contributed by atoms with Crippen LogP contribution >= 0.6 is 0 Å². The molecule has 0 bridgehead atoms. The van der Waals surface area contributed by atoms with Crippen molar-refractivity contribution in [1.29, 1.82) is 0 Å². The van der Waals surface area contributed by atoms with E-state index in [1.54, 1.807) is 12.1 Å². The number of anilines is 1. The van der Waals surface area contributed by atoms with Crippen molar-refractivity contribution < 1.29 is 26.0 Å². The number of nitrogens with zero attached hydrogens (tertiary/aromatic N) is 1. The molecule has 0 saturated heterocycles. The maximum Gasteiger partial charge on any atom is 0.270 e. The number of sulfonamides is 1. The summed E-state index contributed by atoms with van der Waals surface area (Å²) in [5.41, 5.74) is 7.17.